The zero-order chi connectivity index (χ0) is 20.3. The molecule has 9 heteroatoms. The van der Waals surface area contributed by atoms with Gasteiger partial charge < -0.3 is 10.6 Å². The molecule has 0 saturated carbocycles. The Kier molecular flexibility index (Phi) is 5.35. The number of nitrogens with zero attached hydrogens (tertiary/aromatic N) is 2. The van der Waals surface area contributed by atoms with Gasteiger partial charge in [-0.1, -0.05) is 17.7 Å². The lowest BCUT2D eigenvalue weighted by Gasteiger charge is -2.14. The fraction of sp³-hybridized carbons (Fsp3) is 0.211. The SMILES string of the molecule is Cc1ccc(NC(=O)NCCCN2C(=O)c3ccc([N+](=O)[O-])cc3C2=O)cc1. The Morgan fingerprint density at radius 1 is 1.07 bits per heavy atom. The highest BCUT2D eigenvalue weighted by molar-refractivity contribution is 6.21. The zero-order valence-corrected chi connectivity index (χ0v) is 15.1. The molecule has 0 spiro atoms. The van der Waals surface area contributed by atoms with Crippen LogP contribution in [0.1, 0.15) is 32.7 Å². The normalized spacial score (nSPS) is 12.7. The lowest BCUT2D eigenvalue weighted by molar-refractivity contribution is -0.384. The Balaban J connectivity index is 1.50. The number of aryl methyl sites for hydroxylation is 1. The minimum absolute atomic E-state index is 0.0317. The molecule has 0 unspecified atom stereocenters. The molecule has 0 radical (unpaired) electrons. The molecule has 2 aromatic carbocycles. The number of nitro benzene ring substituents is 1. The minimum Gasteiger partial charge on any atom is -0.338 e. The van der Waals surface area contributed by atoms with Gasteiger partial charge in [0.2, 0.25) is 0 Å². The van der Waals surface area contributed by atoms with Crippen molar-refractivity contribution in [2.45, 2.75) is 13.3 Å². The molecule has 144 valence electrons. The summed E-state index contributed by atoms with van der Waals surface area (Å²) in [6.07, 6.45) is 0.356. The van der Waals surface area contributed by atoms with Crippen LogP contribution in [0.25, 0.3) is 0 Å². The summed E-state index contributed by atoms with van der Waals surface area (Å²) in [5.41, 5.74) is 1.68. The molecular formula is C19H18N4O5. The third kappa shape index (κ3) is 3.98. The van der Waals surface area contributed by atoms with Crippen LogP contribution in [0.4, 0.5) is 16.2 Å². The number of benzene rings is 2. The number of hydrogen-bond donors (Lipinski definition) is 2. The molecule has 0 atom stereocenters. The van der Waals surface area contributed by atoms with Gasteiger partial charge in [0, 0.05) is 30.9 Å². The van der Waals surface area contributed by atoms with Crippen molar-refractivity contribution in [2.24, 2.45) is 0 Å². The predicted molar refractivity (Wildman–Crippen MR) is 101 cm³/mol. The third-order valence-electron chi connectivity index (χ3n) is 4.32. The Bertz CT molecular complexity index is 955. The Hall–Kier alpha value is -3.75. The number of amides is 4. The molecular weight excluding hydrogens is 364 g/mol. The molecule has 2 aromatic rings. The quantitative estimate of drug-likeness (QED) is 0.344. The van der Waals surface area contributed by atoms with E-state index in [0.717, 1.165) is 16.5 Å². The molecule has 0 aromatic heterocycles. The fourth-order valence-electron chi connectivity index (χ4n) is 2.85. The van der Waals surface area contributed by atoms with Crippen molar-refractivity contribution in [3.63, 3.8) is 0 Å². The van der Waals surface area contributed by atoms with Crippen LogP contribution in [0, 0.1) is 17.0 Å². The van der Waals surface area contributed by atoms with E-state index < -0.39 is 16.7 Å². The summed E-state index contributed by atoms with van der Waals surface area (Å²) < 4.78 is 0. The van der Waals surface area contributed by atoms with Crippen molar-refractivity contribution >= 4 is 29.2 Å². The van der Waals surface area contributed by atoms with Crippen molar-refractivity contribution in [3.8, 4) is 0 Å². The summed E-state index contributed by atoms with van der Waals surface area (Å²) in [4.78, 5) is 47.8. The Labute approximate surface area is 160 Å². The maximum atomic E-state index is 12.4. The van der Waals surface area contributed by atoms with Crippen molar-refractivity contribution in [1.29, 1.82) is 0 Å². The van der Waals surface area contributed by atoms with Gasteiger partial charge in [0.15, 0.2) is 0 Å². The number of anilines is 1. The largest absolute Gasteiger partial charge is 0.338 e. The molecule has 2 N–H and O–H groups in total. The van der Waals surface area contributed by atoms with Crippen LogP contribution in [-0.4, -0.2) is 40.8 Å². The first-order chi connectivity index (χ1) is 13.4. The number of nitrogens with one attached hydrogen (secondary N) is 2. The molecule has 0 saturated heterocycles. The minimum atomic E-state index is -0.614. The van der Waals surface area contributed by atoms with Gasteiger partial charge in [0.1, 0.15) is 0 Å². The monoisotopic (exact) mass is 382 g/mol. The van der Waals surface area contributed by atoms with Gasteiger partial charge in [-0.2, -0.15) is 0 Å². The van der Waals surface area contributed by atoms with E-state index in [1.807, 2.05) is 19.1 Å². The van der Waals surface area contributed by atoms with Crippen LogP contribution in [0.2, 0.25) is 0 Å². The first-order valence-electron chi connectivity index (χ1n) is 8.63. The second kappa shape index (κ2) is 7.87. The van der Waals surface area contributed by atoms with Crippen molar-refractivity contribution < 1.29 is 19.3 Å². The number of rotatable bonds is 6. The van der Waals surface area contributed by atoms with E-state index in [1.165, 1.54) is 12.1 Å². The van der Waals surface area contributed by atoms with Gasteiger partial charge >= 0.3 is 6.03 Å². The van der Waals surface area contributed by atoms with Crippen LogP contribution >= 0.6 is 0 Å². The molecule has 1 heterocycles. The van der Waals surface area contributed by atoms with Crippen molar-refractivity contribution in [3.05, 3.63) is 69.3 Å². The topological polar surface area (TPSA) is 122 Å². The smallest absolute Gasteiger partial charge is 0.319 e. The molecule has 9 nitrogen and oxygen atoms in total. The summed E-state index contributed by atoms with van der Waals surface area (Å²) in [5, 5.41) is 16.2. The van der Waals surface area contributed by atoms with Gasteiger partial charge in [0.05, 0.1) is 16.1 Å². The summed E-state index contributed by atoms with van der Waals surface area (Å²) in [6.45, 7) is 2.30. The van der Waals surface area contributed by atoms with E-state index >= 15 is 0 Å². The molecule has 0 aliphatic carbocycles. The number of carbonyl (C=O) groups is 3. The predicted octanol–water partition coefficient (Wildman–Crippen LogP) is 2.71. The molecule has 1 aliphatic heterocycles. The highest BCUT2D eigenvalue weighted by Gasteiger charge is 2.36. The van der Waals surface area contributed by atoms with E-state index in [0.29, 0.717) is 12.1 Å². The summed E-state index contributed by atoms with van der Waals surface area (Å²) >= 11 is 0. The second-order valence-electron chi connectivity index (χ2n) is 6.35. The standard InChI is InChI=1S/C19H18N4O5/c1-12-3-5-13(6-4-12)21-19(26)20-9-2-10-22-17(24)15-8-7-14(23(27)28)11-16(15)18(22)25/h3-8,11H,2,9-10H2,1H3,(H2,20,21,26). The number of non-ortho nitro benzene ring substituents is 1. The van der Waals surface area contributed by atoms with Gasteiger partial charge in [0.25, 0.3) is 17.5 Å². The number of urea groups is 1. The Morgan fingerprint density at radius 2 is 1.75 bits per heavy atom. The van der Waals surface area contributed by atoms with Crippen LogP contribution in [0.5, 0.6) is 0 Å². The first-order valence-corrected chi connectivity index (χ1v) is 8.63. The number of hydrogen-bond acceptors (Lipinski definition) is 5. The maximum Gasteiger partial charge on any atom is 0.319 e. The van der Waals surface area contributed by atoms with Crippen molar-refractivity contribution in [2.75, 3.05) is 18.4 Å². The highest BCUT2D eigenvalue weighted by Crippen LogP contribution is 2.26. The molecule has 0 bridgehead atoms. The first kappa shape index (κ1) is 19.0. The van der Waals surface area contributed by atoms with Gasteiger partial charge in [-0.25, -0.2) is 4.79 Å². The molecule has 0 fully saturated rings. The van der Waals surface area contributed by atoms with Gasteiger partial charge in [-0.3, -0.25) is 24.6 Å². The number of carbonyl (C=O) groups excluding carboxylic acids is 3. The summed E-state index contributed by atoms with van der Waals surface area (Å²) in [5.74, 6) is -1.05. The highest BCUT2D eigenvalue weighted by atomic mass is 16.6. The molecule has 28 heavy (non-hydrogen) atoms. The zero-order valence-electron chi connectivity index (χ0n) is 15.1. The van der Waals surface area contributed by atoms with E-state index in [-0.39, 0.29) is 35.9 Å². The lowest BCUT2D eigenvalue weighted by Crippen LogP contribution is -2.35. The summed E-state index contributed by atoms with van der Waals surface area (Å²) in [6, 6.07) is 10.5. The van der Waals surface area contributed by atoms with Gasteiger partial charge in [-0.15, -0.1) is 0 Å². The number of imide groups is 1. The molecule has 4 amide bonds. The molecule has 1 aliphatic rings. The van der Waals surface area contributed by atoms with Crippen LogP contribution in [0.15, 0.2) is 42.5 Å². The number of fused-ring (bicyclic) bond motifs is 1. The van der Waals surface area contributed by atoms with Crippen LogP contribution < -0.4 is 10.6 Å². The second-order valence-corrected chi connectivity index (χ2v) is 6.35. The Morgan fingerprint density at radius 3 is 2.43 bits per heavy atom. The summed E-state index contributed by atoms with van der Waals surface area (Å²) in [7, 11) is 0. The fourth-order valence-corrected chi connectivity index (χ4v) is 2.85. The van der Waals surface area contributed by atoms with Crippen LogP contribution in [-0.2, 0) is 0 Å². The van der Waals surface area contributed by atoms with Crippen LogP contribution in [0.3, 0.4) is 0 Å². The average molecular weight is 382 g/mol. The van der Waals surface area contributed by atoms with E-state index in [1.54, 1.807) is 12.1 Å². The average Bonchev–Trinajstić information content (AvgIpc) is 2.91. The van der Waals surface area contributed by atoms with E-state index in [2.05, 4.69) is 10.6 Å². The third-order valence-corrected chi connectivity index (χ3v) is 4.32. The van der Waals surface area contributed by atoms with E-state index in [9.17, 15) is 24.5 Å². The van der Waals surface area contributed by atoms with Gasteiger partial charge in [-0.05, 0) is 31.5 Å². The molecule has 3 rings (SSSR count). The van der Waals surface area contributed by atoms with E-state index in [4.69, 9.17) is 0 Å². The van der Waals surface area contributed by atoms with Crippen molar-refractivity contribution in [1.82, 2.24) is 10.2 Å². The lowest BCUT2D eigenvalue weighted by atomic mass is 10.1. The maximum absolute atomic E-state index is 12.4. The number of nitro groups is 1.